The van der Waals surface area contributed by atoms with Gasteiger partial charge in [-0.3, -0.25) is 4.68 Å². The molecule has 1 unspecified atom stereocenters. The minimum Gasteiger partial charge on any atom is -0.327 e. The molecule has 2 rings (SSSR count). The third kappa shape index (κ3) is 2.74. The van der Waals surface area contributed by atoms with Gasteiger partial charge in [-0.05, 0) is 48.5 Å². The van der Waals surface area contributed by atoms with E-state index in [1.165, 1.54) is 31.4 Å². The van der Waals surface area contributed by atoms with Crippen molar-refractivity contribution in [2.45, 2.75) is 58.5 Å². The minimum absolute atomic E-state index is 0.287. The van der Waals surface area contributed by atoms with Crippen LogP contribution in [0.2, 0.25) is 0 Å². The van der Waals surface area contributed by atoms with Crippen molar-refractivity contribution in [2.24, 2.45) is 11.7 Å². The summed E-state index contributed by atoms with van der Waals surface area (Å²) in [6.45, 7) is 5.09. The van der Waals surface area contributed by atoms with Gasteiger partial charge in [0, 0.05) is 19.0 Å². The van der Waals surface area contributed by atoms with E-state index in [0.29, 0.717) is 5.92 Å². The third-order valence-corrected chi connectivity index (χ3v) is 4.92. The minimum atomic E-state index is 0.287. The number of halogens is 1. The molecule has 0 amide bonds. The summed E-state index contributed by atoms with van der Waals surface area (Å²) in [5, 5.41) is 4.52. The van der Waals surface area contributed by atoms with Crippen molar-refractivity contribution < 1.29 is 0 Å². The Hall–Kier alpha value is -0.350. The zero-order chi connectivity index (χ0) is 12.4. The van der Waals surface area contributed by atoms with Gasteiger partial charge in [0.15, 0.2) is 0 Å². The summed E-state index contributed by atoms with van der Waals surface area (Å²) in [6, 6.07) is 0.287. The van der Waals surface area contributed by atoms with Gasteiger partial charge in [-0.15, -0.1) is 0 Å². The van der Waals surface area contributed by atoms with Crippen molar-refractivity contribution in [2.75, 3.05) is 0 Å². The quantitative estimate of drug-likeness (QED) is 0.929. The molecule has 0 radical (unpaired) electrons. The van der Waals surface area contributed by atoms with E-state index in [4.69, 9.17) is 5.73 Å². The van der Waals surface area contributed by atoms with Crippen molar-refractivity contribution in [3.63, 3.8) is 0 Å². The fourth-order valence-corrected chi connectivity index (χ4v) is 3.29. The number of nitrogens with zero attached hydrogens (tertiary/aromatic N) is 2. The first-order valence-electron chi connectivity index (χ1n) is 6.60. The topological polar surface area (TPSA) is 43.8 Å². The number of aromatic nitrogens is 2. The first kappa shape index (κ1) is 13.1. The Morgan fingerprint density at radius 2 is 2.12 bits per heavy atom. The maximum Gasteiger partial charge on any atom is 0.0738 e. The van der Waals surface area contributed by atoms with Crippen molar-refractivity contribution in [1.29, 1.82) is 0 Å². The second kappa shape index (κ2) is 5.53. The molecule has 96 valence electrons. The smallest absolute Gasteiger partial charge is 0.0738 e. The average molecular weight is 300 g/mol. The highest BCUT2D eigenvalue weighted by Crippen LogP contribution is 2.30. The van der Waals surface area contributed by atoms with E-state index < -0.39 is 0 Å². The highest BCUT2D eigenvalue weighted by atomic mass is 79.9. The molecule has 0 saturated heterocycles. The summed E-state index contributed by atoms with van der Waals surface area (Å²) in [6.07, 6.45) is 6.26. The molecule has 0 aromatic carbocycles. The van der Waals surface area contributed by atoms with E-state index in [-0.39, 0.29) is 6.04 Å². The molecule has 0 spiro atoms. The van der Waals surface area contributed by atoms with E-state index in [1.54, 1.807) is 0 Å². The fourth-order valence-electron chi connectivity index (χ4n) is 2.84. The molecule has 4 heteroatoms. The van der Waals surface area contributed by atoms with E-state index in [1.807, 2.05) is 6.92 Å². The maximum absolute atomic E-state index is 6.35. The van der Waals surface area contributed by atoms with E-state index in [9.17, 15) is 0 Å². The van der Waals surface area contributed by atoms with Crippen LogP contribution in [0.1, 0.15) is 44.0 Å². The molecule has 1 fully saturated rings. The van der Waals surface area contributed by atoms with Crippen molar-refractivity contribution in [3.8, 4) is 0 Å². The van der Waals surface area contributed by atoms with Crippen LogP contribution in [0.4, 0.5) is 0 Å². The monoisotopic (exact) mass is 299 g/mol. The Morgan fingerprint density at radius 1 is 1.47 bits per heavy atom. The Balaban J connectivity index is 2.11. The zero-order valence-corrected chi connectivity index (χ0v) is 12.3. The van der Waals surface area contributed by atoms with Crippen LogP contribution < -0.4 is 5.73 Å². The lowest BCUT2D eigenvalue weighted by Gasteiger charge is -2.19. The molecule has 3 nitrogen and oxygen atoms in total. The molecule has 1 aliphatic carbocycles. The Labute approximate surface area is 112 Å². The maximum atomic E-state index is 6.35. The summed E-state index contributed by atoms with van der Waals surface area (Å²) in [4.78, 5) is 0. The van der Waals surface area contributed by atoms with Crippen molar-refractivity contribution in [1.82, 2.24) is 9.78 Å². The molecular formula is C13H22BrN3. The normalized spacial score (nSPS) is 18.8. The lowest BCUT2D eigenvalue weighted by atomic mass is 9.95. The van der Waals surface area contributed by atoms with Crippen LogP contribution in [-0.2, 0) is 13.0 Å². The standard InChI is InChI=1S/C13H22BrN3/c1-3-17-12(13(14)9(2)16-17)8-11(15)10-6-4-5-7-10/h10-11H,3-8,15H2,1-2H3. The van der Waals surface area contributed by atoms with Crippen LogP contribution in [0.25, 0.3) is 0 Å². The zero-order valence-electron chi connectivity index (χ0n) is 10.7. The lowest BCUT2D eigenvalue weighted by molar-refractivity contribution is 0.418. The average Bonchev–Trinajstić information content (AvgIpc) is 2.92. The molecule has 1 aromatic rings. The second-order valence-electron chi connectivity index (χ2n) is 5.07. The Kier molecular flexibility index (Phi) is 4.26. The molecule has 2 N–H and O–H groups in total. The van der Waals surface area contributed by atoms with E-state index in [2.05, 4.69) is 32.6 Å². The number of rotatable bonds is 4. The first-order valence-corrected chi connectivity index (χ1v) is 7.40. The molecule has 17 heavy (non-hydrogen) atoms. The van der Waals surface area contributed by atoms with Crippen LogP contribution in [0.3, 0.4) is 0 Å². The highest BCUT2D eigenvalue weighted by molar-refractivity contribution is 9.10. The molecular weight excluding hydrogens is 278 g/mol. The van der Waals surface area contributed by atoms with Crippen LogP contribution in [0.5, 0.6) is 0 Å². The lowest BCUT2D eigenvalue weighted by Crippen LogP contribution is -2.31. The molecule has 0 bridgehead atoms. The number of nitrogens with two attached hydrogens (primary N) is 1. The summed E-state index contributed by atoms with van der Waals surface area (Å²) in [5.74, 6) is 0.711. The molecule has 1 aliphatic rings. The van der Waals surface area contributed by atoms with Crippen molar-refractivity contribution >= 4 is 15.9 Å². The molecule has 0 aliphatic heterocycles. The summed E-state index contributed by atoms with van der Waals surface area (Å²) in [7, 11) is 0. The first-order chi connectivity index (χ1) is 8.13. The molecule has 1 atom stereocenters. The van der Waals surface area contributed by atoms with Crippen LogP contribution in [-0.4, -0.2) is 15.8 Å². The van der Waals surface area contributed by atoms with Gasteiger partial charge >= 0.3 is 0 Å². The van der Waals surface area contributed by atoms with Gasteiger partial charge in [-0.25, -0.2) is 0 Å². The van der Waals surface area contributed by atoms with Gasteiger partial charge in [-0.1, -0.05) is 12.8 Å². The summed E-state index contributed by atoms with van der Waals surface area (Å²) < 4.78 is 3.22. The predicted octanol–water partition coefficient (Wildman–Crippen LogP) is 3.03. The van der Waals surface area contributed by atoms with E-state index in [0.717, 1.165) is 23.1 Å². The van der Waals surface area contributed by atoms with E-state index >= 15 is 0 Å². The van der Waals surface area contributed by atoms with Gasteiger partial charge < -0.3 is 5.73 Å². The number of hydrogen-bond donors (Lipinski definition) is 1. The molecule has 1 aromatic heterocycles. The summed E-state index contributed by atoms with van der Waals surface area (Å²) >= 11 is 3.64. The molecule has 1 heterocycles. The van der Waals surface area contributed by atoms with Crippen LogP contribution in [0.15, 0.2) is 4.47 Å². The second-order valence-corrected chi connectivity index (χ2v) is 5.87. The number of aryl methyl sites for hydroxylation is 2. The van der Waals surface area contributed by atoms with Gasteiger partial charge in [0.2, 0.25) is 0 Å². The Morgan fingerprint density at radius 3 is 2.71 bits per heavy atom. The predicted molar refractivity (Wildman–Crippen MR) is 74.0 cm³/mol. The van der Waals surface area contributed by atoms with Crippen molar-refractivity contribution in [3.05, 3.63) is 15.9 Å². The Bertz CT molecular complexity index is 380. The SMILES string of the molecule is CCn1nc(C)c(Br)c1CC(N)C1CCCC1. The van der Waals surface area contributed by atoms with Crippen LogP contribution in [0, 0.1) is 12.8 Å². The number of hydrogen-bond acceptors (Lipinski definition) is 2. The van der Waals surface area contributed by atoms with Gasteiger partial charge in [-0.2, -0.15) is 5.10 Å². The van der Waals surface area contributed by atoms with Gasteiger partial charge in [0.25, 0.3) is 0 Å². The highest BCUT2D eigenvalue weighted by Gasteiger charge is 2.24. The van der Waals surface area contributed by atoms with Gasteiger partial charge in [0.05, 0.1) is 15.9 Å². The van der Waals surface area contributed by atoms with Gasteiger partial charge in [0.1, 0.15) is 0 Å². The third-order valence-electron chi connectivity index (χ3n) is 3.89. The summed E-state index contributed by atoms with van der Waals surface area (Å²) in [5.41, 5.74) is 8.69. The van der Waals surface area contributed by atoms with Crippen LogP contribution >= 0.6 is 15.9 Å². The molecule has 1 saturated carbocycles. The fraction of sp³-hybridized carbons (Fsp3) is 0.769. The largest absolute Gasteiger partial charge is 0.327 e.